The van der Waals surface area contributed by atoms with Gasteiger partial charge in [0.05, 0.1) is 28.0 Å². The molecule has 2 N–H and O–H groups in total. The topological polar surface area (TPSA) is 57.4 Å². The van der Waals surface area contributed by atoms with Crippen molar-refractivity contribution in [2.24, 2.45) is 0 Å². The Hall–Kier alpha value is -2.34. The summed E-state index contributed by atoms with van der Waals surface area (Å²) in [6.07, 6.45) is 0. The van der Waals surface area contributed by atoms with Gasteiger partial charge >= 0.3 is 0 Å². The number of nitrogens with two attached hydrogens (primary N) is 1. The molecule has 0 spiro atoms. The van der Waals surface area contributed by atoms with Crippen molar-refractivity contribution in [3.63, 3.8) is 0 Å². The largest absolute Gasteiger partial charge is 0.493 e. The van der Waals surface area contributed by atoms with Crippen LogP contribution in [0.5, 0.6) is 11.5 Å². The number of halogens is 1. The monoisotopic (exact) mass is 318 g/mol. The molecule has 3 aromatic rings. The van der Waals surface area contributed by atoms with Crippen LogP contribution in [-0.4, -0.2) is 12.1 Å². The van der Waals surface area contributed by atoms with Gasteiger partial charge in [-0.1, -0.05) is 12.1 Å². The number of aryl methyl sites for hydroxylation is 1. The predicted molar refractivity (Wildman–Crippen MR) is 86.1 cm³/mol. The van der Waals surface area contributed by atoms with Crippen molar-refractivity contribution in [1.82, 2.24) is 4.98 Å². The van der Waals surface area contributed by atoms with Gasteiger partial charge in [0.15, 0.2) is 11.5 Å². The molecule has 2 aromatic carbocycles. The number of rotatable bonds is 4. The van der Waals surface area contributed by atoms with Crippen LogP contribution in [0.4, 0.5) is 10.1 Å². The summed E-state index contributed by atoms with van der Waals surface area (Å²) in [5.41, 5.74) is 7.51. The lowest BCUT2D eigenvalue weighted by atomic mass is 10.2. The third kappa shape index (κ3) is 2.69. The van der Waals surface area contributed by atoms with E-state index in [1.165, 1.54) is 19.2 Å². The van der Waals surface area contributed by atoms with Crippen molar-refractivity contribution in [1.29, 1.82) is 0 Å². The number of benzene rings is 2. The molecule has 1 aromatic heterocycles. The maximum Gasteiger partial charge on any atom is 0.163 e. The number of hydrogen-bond acceptors (Lipinski definition) is 5. The average Bonchev–Trinajstić information content (AvgIpc) is 2.88. The summed E-state index contributed by atoms with van der Waals surface area (Å²) in [7, 11) is 1.46. The molecule has 3 rings (SSSR count). The molecular formula is C16H15FN2O2S. The first-order valence-corrected chi connectivity index (χ1v) is 7.51. The van der Waals surface area contributed by atoms with Crippen molar-refractivity contribution in [2.75, 3.05) is 12.8 Å². The van der Waals surface area contributed by atoms with Gasteiger partial charge < -0.3 is 15.2 Å². The van der Waals surface area contributed by atoms with Crippen LogP contribution in [0.2, 0.25) is 0 Å². The van der Waals surface area contributed by atoms with Crippen LogP contribution in [0.15, 0.2) is 30.3 Å². The van der Waals surface area contributed by atoms with Crippen LogP contribution in [-0.2, 0) is 6.61 Å². The number of nitrogens with zero attached hydrogens (tertiary/aromatic N) is 1. The lowest BCUT2D eigenvalue weighted by molar-refractivity contribution is 0.284. The van der Waals surface area contributed by atoms with Gasteiger partial charge in [-0.25, -0.2) is 9.37 Å². The lowest BCUT2D eigenvalue weighted by Gasteiger charge is -2.12. The number of nitrogen functional groups attached to an aromatic ring is 1. The number of para-hydroxylation sites is 1. The van der Waals surface area contributed by atoms with Crippen LogP contribution in [0.1, 0.15) is 10.6 Å². The Morgan fingerprint density at radius 3 is 2.86 bits per heavy atom. The molecule has 0 bridgehead atoms. The Labute approximate surface area is 131 Å². The first-order chi connectivity index (χ1) is 10.6. The van der Waals surface area contributed by atoms with Crippen molar-refractivity contribution in [2.45, 2.75) is 13.5 Å². The van der Waals surface area contributed by atoms with Gasteiger partial charge in [0.25, 0.3) is 0 Å². The number of ether oxygens (including phenoxy) is 2. The van der Waals surface area contributed by atoms with Gasteiger partial charge in [-0.3, -0.25) is 0 Å². The van der Waals surface area contributed by atoms with Crippen molar-refractivity contribution in [3.05, 3.63) is 46.7 Å². The van der Waals surface area contributed by atoms with E-state index >= 15 is 0 Å². The van der Waals surface area contributed by atoms with Gasteiger partial charge in [-0.15, -0.1) is 11.3 Å². The third-order valence-corrected chi connectivity index (χ3v) is 4.21. The molecule has 0 atom stereocenters. The molecule has 114 valence electrons. The number of aromatic nitrogens is 1. The summed E-state index contributed by atoms with van der Waals surface area (Å²) in [6.45, 7) is 2.28. The summed E-state index contributed by atoms with van der Waals surface area (Å²) in [5.74, 6) is 0.195. The molecule has 0 aliphatic rings. The molecule has 0 saturated carbocycles. The van der Waals surface area contributed by atoms with E-state index in [0.717, 1.165) is 20.8 Å². The molecule has 0 unspecified atom stereocenters. The maximum absolute atomic E-state index is 13.5. The van der Waals surface area contributed by atoms with Gasteiger partial charge in [0.1, 0.15) is 12.4 Å². The smallest absolute Gasteiger partial charge is 0.163 e. The highest BCUT2D eigenvalue weighted by atomic mass is 32.1. The zero-order valence-corrected chi connectivity index (χ0v) is 13.0. The number of anilines is 1. The first-order valence-electron chi connectivity index (χ1n) is 6.69. The van der Waals surface area contributed by atoms with Crippen LogP contribution >= 0.6 is 11.3 Å². The minimum Gasteiger partial charge on any atom is -0.493 e. The summed E-state index contributed by atoms with van der Waals surface area (Å²) in [4.78, 5) is 4.52. The van der Waals surface area contributed by atoms with E-state index in [0.29, 0.717) is 18.1 Å². The van der Waals surface area contributed by atoms with Crippen LogP contribution in [0, 0.1) is 12.7 Å². The van der Waals surface area contributed by atoms with Crippen molar-refractivity contribution in [3.8, 4) is 11.5 Å². The normalized spacial score (nSPS) is 10.9. The highest BCUT2D eigenvalue weighted by molar-refractivity contribution is 7.18. The maximum atomic E-state index is 13.5. The lowest BCUT2D eigenvalue weighted by Crippen LogP contribution is -2.01. The summed E-state index contributed by atoms with van der Waals surface area (Å²) in [5, 5.41) is 1.01. The highest BCUT2D eigenvalue weighted by Gasteiger charge is 2.12. The molecule has 0 aliphatic carbocycles. The van der Waals surface area contributed by atoms with Gasteiger partial charge in [0, 0.05) is 17.7 Å². The number of fused-ring (bicyclic) bond motifs is 1. The van der Waals surface area contributed by atoms with E-state index in [9.17, 15) is 4.39 Å². The highest BCUT2D eigenvalue weighted by Crippen LogP contribution is 2.33. The standard InChI is InChI=1S/C16H15FN2O2S/c1-9-19-16-10(4-3-5-15(16)22-9)8-21-14-7-12(18)11(17)6-13(14)20-2/h3-7H,8,18H2,1-2H3. The predicted octanol–water partition coefficient (Wildman–Crippen LogP) is 3.91. The fourth-order valence-electron chi connectivity index (χ4n) is 2.21. The number of methoxy groups -OCH3 is 1. The molecule has 0 amide bonds. The molecule has 0 saturated heterocycles. The van der Waals surface area contributed by atoms with Crippen molar-refractivity contribution < 1.29 is 13.9 Å². The van der Waals surface area contributed by atoms with E-state index in [4.69, 9.17) is 15.2 Å². The molecule has 4 nitrogen and oxygen atoms in total. The Balaban J connectivity index is 1.89. The van der Waals surface area contributed by atoms with Crippen molar-refractivity contribution >= 4 is 27.2 Å². The Kier molecular flexibility index (Phi) is 3.85. The summed E-state index contributed by atoms with van der Waals surface area (Å²) >= 11 is 1.64. The molecule has 1 heterocycles. The first kappa shape index (κ1) is 14.6. The van der Waals surface area contributed by atoms with Crippen LogP contribution in [0.25, 0.3) is 10.2 Å². The van der Waals surface area contributed by atoms with Gasteiger partial charge in [-0.2, -0.15) is 0 Å². The third-order valence-electron chi connectivity index (χ3n) is 3.28. The Morgan fingerprint density at radius 2 is 2.09 bits per heavy atom. The minimum absolute atomic E-state index is 0.0264. The fraction of sp³-hybridized carbons (Fsp3) is 0.188. The fourth-order valence-corrected chi connectivity index (χ4v) is 3.09. The SMILES string of the molecule is COc1cc(F)c(N)cc1OCc1cccc2sc(C)nc12. The molecule has 22 heavy (non-hydrogen) atoms. The Morgan fingerprint density at radius 1 is 1.27 bits per heavy atom. The van der Waals surface area contributed by atoms with E-state index in [1.54, 1.807) is 11.3 Å². The molecule has 0 radical (unpaired) electrons. The summed E-state index contributed by atoms with van der Waals surface area (Å²) < 4.78 is 25.5. The zero-order chi connectivity index (χ0) is 15.7. The van der Waals surface area contributed by atoms with Gasteiger partial charge in [0.2, 0.25) is 0 Å². The van der Waals surface area contributed by atoms with E-state index < -0.39 is 5.82 Å². The second-order valence-corrected chi connectivity index (χ2v) is 6.04. The van der Waals surface area contributed by atoms with E-state index in [2.05, 4.69) is 4.98 Å². The van der Waals surface area contributed by atoms with E-state index in [-0.39, 0.29) is 5.69 Å². The molecule has 0 aliphatic heterocycles. The summed E-state index contributed by atoms with van der Waals surface area (Å²) in [6, 6.07) is 8.61. The molecular weight excluding hydrogens is 303 g/mol. The molecule has 0 fully saturated rings. The van der Waals surface area contributed by atoms with Crippen LogP contribution < -0.4 is 15.2 Å². The molecule has 6 heteroatoms. The number of hydrogen-bond donors (Lipinski definition) is 1. The van der Waals surface area contributed by atoms with Gasteiger partial charge in [-0.05, 0) is 13.0 Å². The average molecular weight is 318 g/mol. The Bertz CT molecular complexity index is 832. The van der Waals surface area contributed by atoms with E-state index in [1.807, 2.05) is 25.1 Å². The minimum atomic E-state index is -0.526. The number of thiazole rings is 1. The second-order valence-electron chi connectivity index (χ2n) is 4.81. The zero-order valence-electron chi connectivity index (χ0n) is 12.2. The quantitative estimate of drug-likeness (QED) is 0.741. The van der Waals surface area contributed by atoms with Crippen LogP contribution in [0.3, 0.4) is 0 Å². The second kappa shape index (κ2) is 5.81.